The van der Waals surface area contributed by atoms with Crippen molar-refractivity contribution in [3.05, 3.63) is 59.2 Å². The highest BCUT2D eigenvalue weighted by Crippen LogP contribution is 2.46. The SMILES string of the molecule is CC(=O)N1CC2=C(C1=O)[C@@H](c1cnn(C)c1)c1cn(C(C)C)c3cccc(c13)N2. The molecule has 0 bridgehead atoms. The third-order valence-corrected chi connectivity index (χ3v) is 5.88. The van der Waals surface area contributed by atoms with Gasteiger partial charge in [0, 0.05) is 60.7 Å². The summed E-state index contributed by atoms with van der Waals surface area (Å²) in [5, 5.41) is 8.95. The molecule has 0 radical (unpaired) electrons. The number of carbonyl (C=O) groups is 2. The second-order valence-electron chi connectivity index (χ2n) is 8.09. The fourth-order valence-electron chi connectivity index (χ4n) is 4.59. The second-order valence-corrected chi connectivity index (χ2v) is 8.09. The summed E-state index contributed by atoms with van der Waals surface area (Å²) in [5.74, 6) is -0.755. The maximum atomic E-state index is 13.3. The Labute approximate surface area is 168 Å². The number of aromatic nitrogens is 3. The number of benzene rings is 1. The monoisotopic (exact) mass is 389 g/mol. The van der Waals surface area contributed by atoms with Crippen molar-refractivity contribution in [3.8, 4) is 0 Å². The summed E-state index contributed by atoms with van der Waals surface area (Å²) in [4.78, 5) is 26.7. The number of hydrogen-bond donors (Lipinski definition) is 1. The fraction of sp³-hybridized carbons (Fsp3) is 0.318. The Bertz CT molecular complexity index is 1210. The molecule has 7 nitrogen and oxygen atoms in total. The Morgan fingerprint density at radius 1 is 1.28 bits per heavy atom. The summed E-state index contributed by atoms with van der Waals surface area (Å²) < 4.78 is 3.99. The zero-order valence-electron chi connectivity index (χ0n) is 16.9. The minimum atomic E-state index is -0.283. The number of hydrogen-bond acceptors (Lipinski definition) is 4. The van der Waals surface area contributed by atoms with Crippen molar-refractivity contribution in [2.75, 3.05) is 11.9 Å². The van der Waals surface area contributed by atoms with Gasteiger partial charge in [-0.05, 0) is 31.5 Å². The fourth-order valence-corrected chi connectivity index (χ4v) is 4.59. The van der Waals surface area contributed by atoms with Crippen molar-refractivity contribution in [2.24, 2.45) is 7.05 Å². The molecule has 2 aliphatic heterocycles. The van der Waals surface area contributed by atoms with Gasteiger partial charge in [0.2, 0.25) is 5.91 Å². The van der Waals surface area contributed by atoms with Gasteiger partial charge in [0.1, 0.15) is 0 Å². The van der Waals surface area contributed by atoms with E-state index in [0.29, 0.717) is 5.57 Å². The van der Waals surface area contributed by atoms with Gasteiger partial charge in [0.25, 0.3) is 5.91 Å². The van der Waals surface area contributed by atoms with E-state index in [2.05, 4.69) is 41.1 Å². The van der Waals surface area contributed by atoms with Crippen molar-refractivity contribution in [1.29, 1.82) is 0 Å². The maximum absolute atomic E-state index is 13.3. The molecule has 1 aromatic carbocycles. The van der Waals surface area contributed by atoms with Crippen molar-refractivity contribution in [1.82, 2.24) is 19.2 Å². The van der Waals surface area contributed by atoms with Gasteiger partial charge in [-0.1, -0.05) is 6.07 Å². The zero-order chi connectivity index (χ0) is 20.4. The number of nitrogens with one attached hydrogen (secondary N) is 1. The molecular formula is C22H23N5O2. The highest BCUT2D eigenvalue weighted by atomic mass is 16.2. The lowest BCUT2D eigenvalue weighted by molar-refractivity contribution is -0.139. The number of carbonyl (C=O) groups excluding carboxylic acids is 2. The molecule has 0 saturated carbocycles. The Morgan fingerprint density at radius 2 is 2.07 bits per heavy atom. The largest absolute Gasteiger partial charge is 0.356 e. The summed E-state index contributed by atoms with van der Waals surface area (Å²) in [5.41, 5.74) is 5.53. The van der Waals surface area contributed by atoms with Crippen molar-refractivity contribution in [3.63, 3.8) is 0 Å². The lowest BCUT2D eigenvalue weighted by Gasteiger charge is -2.18. The number of imide groups is 1. The van der Waals surface area contributed by atoms with Crippen LogP contribution in [0.5, 0.6) is 0 Å². The summed E-state index contributed by atoms with van der Waals surface area (Å²) in [6, 6.07) is 6.45. The molecule has 0 saturated heterocycles. The Kier molecular flexibility index (Phi) is 3.71. The van der Waals surface area contributed by atoms with E-state index in [-0.39, 0.29) is 30.3 Å². The standard InChI is InChI=1S/C22H23N5O2/c1-12(2)26-10-15-19(14-8-23-25(4)9-14)21-17(11-27(13(3)28)22(21)29)24-16-6-5-7-18(26)20(15)16/h5-10,12,19,24H,11H2,1-4H3/t19-/m0/s1. The van der Waals surface area contributed by atoms with Crippen LogP contribution in [0.25, 0.3) is 10.9 Å². The average molecular weight is 389 g/mol. The van der Waals surface area contributed by atoms with E-state index in [1.165, 1.54) is 11.8 Å². The molecule has 2 aliphatic rings. The smallest absolute Gasteiger partial charge is 0.259 e. The first-order chi connectivity index (χ1) is 13.9. The van der Waals surface area contributed by atoms with Crippen LogP contribution < -0.4 is 5.32 Å². The molecular weight excluding hydrogens is 366 g/mol. The van der Waals surface area contributed by atoms with Crippen molar-refractivity contribution in [2.45, 2.75) is 32.7 Å². The Morgan fingerprint density at radius 3 is 2.72 bits per heavy atom. The Hall–Kier alpha value is -3.35. The van der Waals surface area contributed by atoms with E-state index < -0.39 is 0 Å². The molecule has 7 heteroatoms. The number of amides is 2. The zero-order valence-corrected chi connectivity index (χ0v) is 16.9. The molecule has 0 unspecified atom stereocenters. The molecule has 1 N–H and O–H groups in total. The molecule has 2 amide bonds. The third-order valence-electron chi connectivity index (χ3n) is 5.88. The van der Waals surface area contributed by atoms with Crippen LogP contribution in [-0.2, 0) is 16.6 Å². The number of anilines is 1. The molecule has 5 rings (SSSR count). The van der Waals surface area contributed by atoms with Gasteiger partial charge in [-0.3, -0.25) is 19.2 Å². The van der Waals surface area contributed by atoms with Crippen LogP contribution in [0.1, 0.15) is 43.9 Å². The minimum absolute atomic E-state index is 0.230. The predicted octanol–water partition coefficient (Wildman–Crippen LogP) is 3.16. The second kappa shape index (κ2) is 6.07. The first-order valence-electron chi connectivity index (χ1n) is 9.81. The highest BCUT2D eigenvalue weighted by molar-refractivity contribution is 6.11. The van der Waals surface area contributed by atoms with E-state index >= 15 is 0 Å². The van der Waals surface area contributed by atoms with Crippen LogP contribution in [0.4, 0.5) is 5.69 Å². The molecule has 0 aliphatic carbocycles. The molecule has 1 atom stereocenters. The first kappa shape index (κ1) is 17.7. The van der Waals surface area contributed by atoms with Gasteiger partial charge in [-0.2, -0.15) is 5.10 Å². The van der Waals surface area contributed by atoms with Crippen LogP contribution in [0.2, 0.25) is 0 Å². The summed E-state index contributed by atoms with van der Waals surface area (Å²) >= 11 is 0. The molecule has 4 heterocycles. The van der Waals surface area contributed by atoms with Gasteiger partial charge in [-0.15, -0.1) is 0 Å². The summed E-state index contributed by atoms with van der Waals surface area (Å²) in [6.07, 6.45) is 5.91. The summed E-state index contributed by atoms with van der Waals surface area (Å²) in [6.45, 7) is 6.00. The molecule has 2 aromatic heterocycles. The Balaban J connectivity index is 1.82. The normalized spacial score (nSPS) is 18.4. The van der Waals surface area contributed by atoms with Crippen molar-refractivity contribution < 1.29 is 9.59 Å². The quantitative estimate of drug-likeness (QED) is 0.731. The van der Waals surface area contributed by atoms with Crippen LogP contribution in [0, 0.1) is 0 Å². The van der Waals surface area contributed by atoms with Crippen LogP contribution in [0.15, 0.2) is 48.1 Å². The van der Waals surface area contributed by atoms with Gasteiger partial charge in [0.15, 0.2) is 0 Å². The van der Waals surface area contributed by atoms with E-state index in [1.807, 2.05) is 31.6 Å². The topological polar surface area (TPSA) is 72.2 Å². The van der Waals surface area contributed by atoms with Crippen LogP contribution >= 0.6 is 0 Å². The average Bonchev–Trinajstić information content (AvgIpc) is 3.32. The molecule has 29 heavy (non-hydrogen) atoms. The van der Waals surface area contributed by atoms with Crippen LogP contribution in [-0.4, -0.2) is 37.6 Å². The third kappa shape index (κ3) is 2.46. The van der Waals surface area contributed by atoms with Gasteiger partial charge >= 0.3 is 0 Å². The minimum Gasteiger partial charge on any atom is -0.356 e. The first-order valence-corrected chi connectivity index (χ1v) is 9.81. The van der Waals surface area contributed by atoms with Gasteiger partial charge < -0.3 is 9.88 Å². The number of aryl methyl sites for hydroxylation is 1. The van der Waals surface area contributed by atoms with Crippen LogP contribution in [0.3, 0.4) is 0 Å². The molecule has 0 spiro atoms. The number of rotatable bonds is 2. The maximum Gasteiger partial charge on any atom is 0.259 e. The van der Waals surface area contributed by atoms with E-state index in [4.69, 9.17) is 0 Å². The molecule has 0 fully saturated rings. The number of nitrogens with zero attached hydrogens (tertiary/aromatic N) is 4. The van der Waals surface area contributed by atoms with E-state index in [9.17, 15) is 9.59 Å². The van der Waals surface area contributed by atoms with Crippen molar-refractivity contribution >= 4 is 28.4 Å². The van der Waals surface area contributed by atoms with E-state index in [1.54, 1.807) is 4.68 Å². The van der Waals surface area contributed by atoms with E-state index in [0.717, 1.165) is 33.4 Å². The molecule has 148 valence electrons. The predicted molar refractivity (Wildman–Crippen MR) is 110 cm³/mol. The van der Waals surface area contributed by atoms with Gasteiger partial charge in [-0.25, -0.2) is 0 Å². The summed E-state index contributed by atoms with van der Waals surface area (Å²) in [7, 11) is 1.87. The van der Waals surface area contributed by atoms with Gasteiger partial charge in [0.05, 0.1) is 23.8 Å². The lowest BCUT2D eigenvalue weighted by Crippen LogP contribution is -2.33. The highest BCUT2D eigenvalue weighted by Gasteiger charge is 2.42. The molecule has 3 aromatic rings. The lowest BCUT2D eigenvalue weighted by atomic mass is 9.86.